The number of fused-ring (bicyclic) bond motifs is 2. The molecule has 5 rings (SSSR count). The van der Waals surface area contributed by atoms with Gasteiger partial charge in [0, 0.05) is 25.4 Å². The van der Waals surface area contributed by atoms with Gasteiger partial charge in [-0.3, -0.25) is 14.4 Å². The van der Waals surface area contributed by atoms with Crippen LogP contribution in [0, 0.1) is 25.7 Å². The zero-order valence-electron chi connectivity index (χ0n) is 20.9. The van der Waals surface area contributed by atoms with Crippen molar-refractivity contribution in [2.24, 2.45) is 11.8 Å². The van der Waals surface area contributed by atoms with Crippen LogP contribution in [-0.2, 0) is 23.9 Å². The molecule has 0 aromatic heterocycles. The molecule has 1 spiro atoms. The first kappa shape index (κ1) is 24.7. The molecule has 4 heterocycles. The van der Waals surface area contributed by atoms with E-state index in [9.17, 15) is 19.5 Å². The van der Waals surface area contributed by atoms with Gasteiger partial charge in [-0.25, -0.2) is 0 Å². The molecule has 0 bridgehead atoms. The lowest BCUT2D eigenvalue weighted by Gasteiger charge is -2.35. The van der Waals surface area contributed by atoms with E-state index >= 15 is 0 Å². The third-order valence-electron chi connectivity index (χ3n) is 7.81. The Morgan fingerprint density at radius 2 is 1.94 bits per heavy atom. The fourth-order valence-electron chi connectivity index (χ4n) is 6.11. The van der Waals surface area contributed by atoms with Crippen LogP contribution in [0.25, 0.3) is 0 Å². The van der Waals surface area contributed by atoms with E-state index in [0.717, 1.165) is 23.2 Å². The van der Waals surface area contributed by atoms with Crippen LogP contribution in [-0.4, -0.2) is 71.8 Å². The van der Waals surface area contributed by atoms with Gasteiger partial charge in [0.25, 0.3) is 5.91 Å². The summed E-state index contributed by atoms with van der Waals surface area (Å²) in [6.07, 6.45) is 9.43. The number of carbonyl (C=O) groups is 3. The van der Waals surface area contributed by atoms with Crippen molar-refractivity contribution in [1.29, 1.82) is 0 Å². The fourth-order valence-corrected chi connectivity index (χ4v) is 6.11. The standard InChI is InChI=1S/C28H34N2O6/c1-18-10-11-19(2)20(17-18)29-14-8-12-28-23(22-21(36-28)9-4-3-7-16-35-27(22)34)25(32)30(13-5-6-15-31)24(28)26(29)33/h4,8-12,17,21-24,31H,3,5-7,13-16H2,1-2H3/b9-4-/t21-,22+,23-,24?,28-/m0/s1. The molecule has 2 fully saturated rings. The Kier molecular flexibility index (Phi) is 6.74. The van der Waals surface area contributed by atoms with Crippen molar-refractivity contribution in [3.63, 3.8) is 0 Å². The van der Waals surface area contributed by atoms with Crippen molar-refractivity contribution < 1.29 is 29.0 Å². The molecular weight excluding hydrogens is 460 g/mol. The zero-order valence-corrected chi connectivity index (χ0v) is 20.9. The lowest BCUT2D eigenvalue weighted by atomic mass is 9.78. The van der Waals surface area contributed by atoms with Gasteiger partial charge in [-0.05, 0) is 56.7 Å². The van der Waals surface area contributed by atoms with Crippen molar-refractivity contribution in [2.45, 2.75) is 57.3 Å². The number of hydrogen-bond donors (Lipinski definition) is 1. The van der Waals surface area contributed by atoms with Gasteiger partial charge < -0.3 is 24.4 Å². The lowest BCUT2D eigenvalue weighted by Crippen LogP contribution is -2.55. The number of amides is 2. The van der Waals surface area contributed by atoms with E-state index in [2.05, 4.69) is 0 Å². The smallest absolute Gasteiger partial charge is 0.312 e. The summed E-state index contributed by atoms with van der Waals surface area (Å²) in [5.41, 5.74) is 1.53. The van der Waals surface area contributed by atoms with Gasteiger partial charge in [0.15, 0.2) is 0 Å². The molecule has 8 nitrogen and oxygen atoms in total. The van der Waals surface area contributed by atoms with E-state index in [1.807, 2.05) is 56.4 Å². The van der Waals surface area contributed by atoms with Crippen LogP contribution in [0.2, 0.25) is 0 Å². The molecule has 0 radical (unpaired) electrons. The largest absolute Gasteiger partial charge is 0.465 e. The third kappa shape index (κ3) is 3.96. The van der Waals surface area contributed by atoms with Crippen molar-refractivity contribution in [3.05, 3.63) is 53.6 Å². The highest BCUT2D eigenvalue weighted by atomic mass is 16.6. The number of rotatable bonds is 5. The van der Waals surface area contributed by atoms with Crippen molar-refractivity contribution >= 4 is 23.5 Å². The van der Waals surface area contributed by atoms with Gasteiger partial charge in [0.05, 0.1) is 18.6 Å². The summed E-state index contributed by atoms with van der Waals surface area (Å²) >= 11 is 0. The second-order valence-corrected chi connectivity index (χ2v) is 10.2. The van der Waals surface area contributed by atoms with E-state index in [4.69, 9.17) is 9.47 Å². The molecule has 1 aromatic carbocycles. The first-order valence-corrected chi connectivity index (χ1v) is 12.9. The average molecular weight is 495 g/mol. The first-order valence-electron chi connectivity index (χ1n) is 12.9. The van der Waals surface area contributed by atoms with Crippen molar-refractivity contribution in [1.82, 2.24) is 4.90 Å². The number of benzene rings is 1. The highest BCUT2D eigenvalue weighted by Gasteiger charge is 2.71. The predicted molar refractivity (Wildman–Crippen MR) is 133 cm³/mol. The summed E-state index contributed by atoms with van der Waals surface area (Å²) < 4.78 is 12.1. The number of aliphatic hydroxyl groups excluding tert-OH is 1. The molecular formula is C28H34N2O6. The number of carbonyl (C=O) groups excluding carboxylic acids is 3. The number of aliphatic hydroxyl groups is 1. The average Bonchev–Trinajstić information content (AvgIpc) is 3.26. The van der Waals surface area contributed by atoms with Gasteiger partial charge in [0.1, 0.15) is 17.6 Å². The minimum atomic E-state index is -1.27. The van der Waals surface area contributed by atoms with Crippen molar-refractivity contribution in [3.8, 4) is 0 Å². The number of nitrogens with zero attached hydrogens (tertiary/aromatic N) is 2. The summed E-state index contributed by atoms with van der Waals surface area (Å²) in [6, 6.07) is 5.06. The fraction of sp³-hybridized carbons (Fsp3) is 0.536. The number of allylic oxidation sites excluding steroid dienone is 1. The quantitative estimate of drug-likeness (QED) is 0.384. The highest BCUT2D eigenvalue weighted by Crippen LogP contribution is 2.53. The maximum absolute atomic E-state index is 14.3. The van der Waals surface area contributed by atoms with Gasteiger partial charge in [0.2, 0.25) is 5.91 Å². The van der Waals surface area contributed by atoms with Gasteiger partial charge in [-0.2, -0.15) is 0 Å². The molecule has 1 N–H and O–H groups in total. The SMILES string of the molecule is Cc1ccc(C)c(N2CC=C[C@]34O[C@H]5/C=C\CCCOC(=O)[C@H]5[C@H]3C(=O)N(CCCCO)C4C2=O)c1. The molecule has 2 saturated heterocycles. The van der Waals surface area contributed by atoms with Crippen LogP contribution >= 0.6 is 0 Å². The van der Waals surface area contributed by atoms with Gasteiger partial charge in [-0.15, -0.1) is 0 Å². The number of aryl methyl sites for hydroxylation is 2. The third-order valence-corrected chi connectivity index (χ3v) is 7.81. The van der Waals surface area contributed by atoms with Crippen LogP contribution in [0.5, 0.6) is 0 Å². The van der Waals surface area contributed by atoms with E-state index in [-0.39, 0.29) is 18.4 Å². The summed E-state index contributed by atoms with van der Waals surface area (Å²) in [5.74, 6) is -2.61. The Labute approximate surface area is 211 Å². The van der Waals surface area contributed by atoms with Gasteiger partial charge in [-0.1, -0.05) is 36.4 Å². The molecule has 1 aromatic rings. The zero-order chi connectivity index (χ0) is 25.4. The van der Waals surface area contributed by atoms with E-state index in [1.54, 1.807) is 9.80 Å². The van der Waals surface area contributed by atoms with Crippen LogP contribution in [0.1, 0.15) is 36.8 Å². The molecule has 192 valence electrons. The van der Waals surface area contributed by atoms with Crippen molar-refractivity contribution in [2.75, 3.05) is 31.2 Å². The van der Waals surface area contributed by atoms with Crippen LogP contribution < -0.4 is 4.90 Å². The predicted octanol–water partition coefficient (Wildman–Crippen LogP) is 2.45. The topological polar surface area (TPSA) is 96.4 Å². The van der Waals surface area contributed by atoms with E-state index < -0.39 is 35.6 Å². The second-order valence-electron chi connectivity index (χ2n) is 10.2. The second kappa shape index (κ2) is 9.82. The number of cyclic esters (lactones) is 1. The lowest BCUT2D eigenvalue weighted by molar-refractivity contribution is -0.154. The monoisotopic (exact) mass is 494 g/mol. The first-order chi connectivity index (χ1) is 17.4. The number of likely N-dealkylation sites (tertiary alicyclic amines) is 1. The minimum absolute atomic E-state index is 0.00203. The number of hydrogen-bond acceptors (Lipinski definition) is 6. The Hall–Kier alpha value is -2.97. The molecule has 1 unspecified atom stereocenters. The molecule has 0 aliphatic carbocycles. The molecule has 4 aliphatic heterocycles. The summed E-state index contributed by atoms with van der Waals surface area (Å²) in [7, 11) is 0. The minimum Gasteiger partial charge on any atom is -0.465 e. The molecule has 5 atom stereocenters. The number of unbranched alkanes of at least 4 members (excludes halogenated alkanes) is 1. The van der Waals surface area contributed by atoms with Crippen LogP contribution in [0.4, 0.5) is 5.69 Å². The van der Waals surface area contributed by atoms with Crippen LogP contribution in [0.3, 0.4) is 0 Å². The number of ether oxygens (including phenoxy) is 2. The Balaban J connectivity index is 1.60. The highest BCUT2D eigenvalue weighted by molar-refractivity contribution is 6.05. The normalized spacial score (nSPS) is 32.7. The Morgan fingerprint density at radius 1 is 1.11 bits per heavy atom. The van der Waals surface area contributed by atoms with E-state index in [1.165, 1.54) is 0 Å². The van der Waals surface area contributed by atoms with Crippen LogP contribution in [0.15, 0.2) is 42.5 Å². The summed E-state index contributed by atoms with van der Waals surface area (Å²) in [4.78, 5) is 44.8. The molecule has 0 saturated carbocycles. The summed E-state index contributed by atoms with van der Waals surface area (Å²) in [6.45, 7) is 4.88. The maximum Gasteiger partial charge on any atom is 0.312 e. The number of anilines is 1. The maximum atomic E-state index is 14.3. The Bertz CT molecular complexity index is 1110. The summed E-state index contributed by atoms with van der Waals surface area (Å²) in [5, 5.41) is 9.33. The molecule has 36 heavy (non-hydrogen) atoms. The van der Waals surface area contributed by atoms with Gasteiger partial charge >= 0.3 is 5.97 Å². The molecule has 4 aliphatic rings. The molecule has 2 amide bonds. The van der Waals surface area contributed by atoms with E-state index in [0.29, 0.717) is 39.0 Å². The Morgan fingerprint density at radius 3 is 2.75 bits per heavy atom. The molecule has 8 heteroatoms. The number of esters is 1.